The fourth-order valence-electron chi connectivity index (χ4n) is 1.90. The number of rotatable bonds is 4. The van der Waals surface area contributed by atoms with Gasteiger partial charge in [-0.05, 0) is 12.1 Å². The zero-order valence-corrected chi connectivity index (χ0v) is 11.6. The molecule has 1 aromatic rings. The van der Waals surface area contributed by atoms with E-state index in [0.29, 0.717) is 15.6 Å². The van der Waals surface area contributed by atoms with E-state index in [1.807, 2.05) is 0 Å². The molecule has 19 heavy (non-hydrogen) atoms. The topological polar surface area (TPSA) is 57.5 Å². The van der Waals surface area contributed by atoms with E-state index < -0.39 is 17.7 Å². The average Bonchev–Trinajstić information content (AvgIpc) is 3.11. The van der Waals surface area contributed by atoms with Crippen molar-refractivity contribution >= 4 is 29.2 Å². The molecule has 2 rings (SSSR count). The molecule has 0 radical (unpaired) electrons. The van der Waals surface area contributed by atoms with Crippen LogP contribution in [0.2, 0.25) is 10.0 Å². The van der Waals surface area contributed by atoms with Crippen LogP contribution < -0.4 is 5.32 Å². The summed E-state index contributed by atoms with van der Waals surface area (Å²) >= 11 is 12.2. The second-order valence-electron chi connectivity index (χ2n) is 3.93. The number of carbonyl (C=O) groups excluding carboxylic acids is 1. The largest absolute Gasteiger partial charge is 0.466 e. The first-order valence-corrected chi connectivity index (χ1v) is 6.20. The number of ether oxygens (including phenoxy) is 2. The molecule has 0 spiro atoms. The molecule has 4 nitrogen and oxygen atoms in total. The maximum absolute atomic E-state index is 11.8. The minimum absolute atomic E-state index is 0.0271. The van der Waals surface area contributed by atoms with Gasteiger partial charge in [0.05, 0.1) is 13.2 Å². The van der Waals surface area contributed by atoms with Crippen LogP contribution in [-0.2, 0) is 14.3 Å². The van der Waals surface area contributed by atoms with Crippen molar-refractivity contribution in [3.8, 4) is 12.3 Å². The fraction of sp³-hybridized carbons (Fsp3) is 0.308. The highest BCUT2D eigenvalue weighted by Crippen LogP contribution is 2.47. The van der Waals surface area contributed by atoms with Crippen LogP contribution in [0.5, 0.6) is 0 Å². The SMILES string of the molecule is C#CCO[C@@]1(C(=O)OC)N[C@@H]1c1c(Cl)cccc1Cl. The van der Waals surface area contributed by atoms with E-state index in [4.69, 9.17) is 39.1 Å². The maximum atomic E-state index is 11.8. The maximum Gasteiger partial charge on any atom is 0.355 e. The third-order valence-corrected chi connectivity index (χ3v) is 3.50. The highest BCUT2D eigenvalue weighted by molar-refractivity contribution is 6.36. The first kappa shape index (κ1) is 14.2. The number of nitrogens with one attached hydrogen (secondary N) is 1. The molecule has 1 heterocycles. The number of carbonyl (C=O) groups is 1. The van der Waals surface area contributed by atoms with E-state index in [-0.39, 0.29) is 6.61 Å². The third-order valence-electron chi connectivity index (χ3n) is 2.84. The van der Waals surface area contributed by atoms with Gasteiger partial charge in [-0.1, -0.05) is 35.2 Å². The van der Waals surface area contributed by atoms with E-state index in [9.17, 15) is 4.79 Å². The zero-order valence-electron chi connectivity index (χ0n) is 10.1. The van der Waals surface area contributed by atoms with Crippen LogP contribution >= 0.6 is 23.2 Å². The summed E-state index contributed by atoms with van der Waals surface area (Å²) in [5.74, 6) is 1.74. The summed E-state index contributed by atoms with van der Waals surface area (Å²) in [5, 5.41) is 3.79. The smallest absolute Gasteiger partial charge is 0.355 e. The second kappa shape index (κ2) is 5.40. The quantitative estimate of drug-likeness (QED) is 0.526. The van der Waals surface area contributed by atoms with Gasteiger partial charge in [-0.3, -0.25) is 5.32 Å². The fourth-order valence-corrected chi connectivity index (χ4v) is 2.52. The van der Waals surface area contributed by atoms with Gasteiger partial charge in [-0.2, -0.15) is 0 Å². The molecule has 0 unspecified atom stereocenters. The number of hydrogen-bond donors (Lipinski definition) is 1. The van der Waals surface area contributed by atoms with Crippen molar-refractivity contribution in [2.45, 2.75) is 11.8 Å². The van der Waals surface area contributed by atoms with Gasteiger partial charge in [-0.25, -0.2) is 4.79 Å². The van der Waals surface area contributed by atoms with E-state index >= 15 is 0 Å². The Labute approximate surface area is 121 Å². The minimum Gasteiger partial charge on any atom is -0.466 e. The van der Waals surface area contributed by atoms with Gasteiger partial charge in [0.25, 0.3) is 0 Å². The lowest BCUT2D eigenvalue weighted by atomic mass is 10.1. The summed E-state index contributed by atoms with van der Waals surface area (Å²) in [6.07, 6.45) is 5.14. The second-order valence-corrected chi connectivity index (χ2v) is 4.75. The van der Waals surface area contributed by atoms with Gasteiger partial charge in [0.1, 0.15) is 6.61 Å². The van der Waals surface area contributed by atoms with Crippen LogP contribution in [-0.4, -0.2) is 25.4 Å². The van der Waals surface area contributed by atoms with Gasteiger partial charge in [0, 0.05) is 15.6 Å². The predicted octanol–water partition coefficient (Wildman–Crippen LogP) is 2.16. The Hall–Kier alpha value is -1.25. The third kappa shape index (κ3) is 2.43. The summed E-state index contributed by atoms with van der Waals surface area (Å²) in [5.41, 5.74) is -0.719. The van der Waals surface area contributed by atoms with E-state index in [1.165, 1.54) is 7.11 Å². The standard InChI is InChI=1S/C13H11Cl2NO3/c1-3-7-19-13(12(17)18-2)11(16-13)10-8(14)5-4-6-9(10)15/h1,4-6,11,16H,7H2,2H3/t11-,13+/m1/s1. The lowest BCUT2D eigenvalue weighted by Gasteiger charge is -2.13. The summed E-state index contributed by atoms with van der Waals surface area (Å²) in [6, 6.07) is 4.62. The average molecular weight is 300 g/mol. The van der Waals surface area contributed by atoms with Crippen molar-refractivity contribution in [1.29, 1.82) is 0 Å². The summed E-state index contributed by atoms with van der Waals surface area (Å²) in [6.45, 7) is -0.0271. The predicted molar refractivity (Wildman–Crippen MR) is 71.9 cm³/mol. The van der Waals surface area contributed by atoms with Crippen LogP contribution in [0.4, 0.5) is 0 Å². The van der Waals surface area contributed by atoms with Crippen molar-refractivity contribution in [2.24, 2.45) is 0 Å². The molecule has 6 heteroatoms. The van der Waals surface area contributed by atoms with Gasteiger partial charge in [0.2, 0.25) is 5.72 Å². The van der Waals surface area contributed by atoms with Gasteiger partial charge >= 0.3 is 5.97 Å². The molecule has 1 saturated heterocycles. The van der Waals surface area contributed by atoms with Gasteiger partial charge in [0.15, 0.2) is 0 Å². The number of benzene rings is 1. The number of halogens is 2. The Morgan fingerprint density at radius 3 is 2.68 bits per heavy atom. The summed E-state index contributed by atoms with van der Waals surface area (Å²) in [7, 11) is 1.27. The Balaban J connectivity index is 2.33. The monoisotopic (exact) mass is 299 g/mol. The molecule has 0 aliphatic carbocycles. The van der Waals surface area contributed by atoms with Crippen molar-refractivity contribution in [2.75, 3.05) is 13.7 Å². The molecule has 1 fully saturated rings. The number of esters is 1. The van der Waals surface area contributed by atoms with Crippen LogP contribution in [0.25, 0.3) is 0 Å². The summed E-state index contributed by atoms with van der Waals surface area (Å²) in [4.78, 5) is 11.8. The molecule has 0 saturated carbocycles. The molecule has 1 aliphatic heterocycles. The summed E-state index contributed by atoms with van der Waals surface area (Å²) < 4.78 is 10.1. The van der Waals surface area contributed by atoms with Crippen LogP contribution in [0.3, 0.4) is 0 Å². The lowest BCUT2D eigenvalue weighted by molar-refractivity contribution is -0.157. The molecule has 1 aliphatic rings. The minimum atomic E-state index is -1.31. The Morgan fingerprint density at radius 2 is 2.16 bits per heavy atom. The van der Waals surface area contributed by atoms with E-state index in [0.717, 1.165) is 0 Å². The van der Waals surface area contributed by atoms with E-state index in [2.05, 4.69) is 11.2 Å². The molecule has 100 valence electrons. The number of terminal acetylenes is 1. The number of methoxy groups -OCH3 is 1. The molecule has 0 bridgehead atoms. The zero-order chi connectivity index (χ0) is 14.0. The number of hydrogen-bond acceptors (Lipinski definition) is 4. The Bertz CT molecular complexity index is 535. The highest BCUT2D eigenvalue weighted by atomic mass is 35.5. The normalized spacial score (nSPS) is 24.6. The Morgan fingerprint density at radius 1 is 1.53 bits per heavy atom. The first-order chi connectivity index (χ1) is 9.06. The molecule has 1 N–H and O–H groups in total. The highest BCUT2D eigenvalue weighted by Gasteiger charge is 2.64. The molecule has 1 aromatic carbocycles. The van der Waals surface area contributed by atoms with Crippen LogP contribution in [0.15, 0.2) is 18.2 Å². The molecular weight excluding hydrogens is 289 g/mol. The molecule has 2 atom stereocenters. The van der Waals surface area contributed by atoms with Gasteiger partial charge < -0.3 is 9.47 Å². The van der Waals surface area contributed by atoms with Crippen molar-refractivity contribution < 1.29 is 14.3 Å². The molecular formula is C13H11Cl2NO3. The molecule has 0 aromatic heterocycles. The van der Waals surface area contributed by atoms with Crippen molar-refractivity contribution in [3.63, 3.8) is 0 Å². The van der Waals surface area contributed by atoms with Crippen molar-refractivity contribution in [3.05, 3.63) is 33.8 Å². The van der Waals surface area contributed by atoms with Crippen LogP contribution in [0, 0.1) is 12.3 Å². The van der Waals surface area contributed by atoms with E-state index in [1.54, 1.807) is 18.2 Å². The van der Waals surface area contributed by atoms with Gasteiger partial charge in [-0.15, -0.1) is 6.42 Å². The van der Waals surface area contributed by atoms with Crippen molar-refractivity contribution in [1.82, 2.24) is 5.32 Å². The molecule has 0 amide bonds. The lowest BCUT2D eigenvalue weighted by Crippen LogP contribution is -2.33. The van der Waals surface area contributed by atoms with Crippen LogP contribution in [0.1, 0.15) is 11.6 Å². The Kier molecular flexibility index (Phi) is 4.02. The first-order valence-electron chi connectivity index (χ1n) is 5.44.